The molecule has 7 aromatic rings. The topological polar surface area (TPSA) is 16.1 Å². The third-order valence-electron chi connectivity index (χ3n) is 7.65. The van der Waals surface area contributed by atoms with Gasteiger partial charge in [0, 0.05) is 47.3 Å². The van der Waals surface area contributed by atoms with Crippen molar-refractivity contribution in [3.63, 3.8) is 0 Å². The van der Waals surface area contributed by atoms with Crippen molar-refractivity contribution in [1.29, 1.82) is 0 Å². The number of rotatable bonds is 5. The Labute approximate surface area is 262 Å². The van der Waals surface area contributed by atoms with Gasteiger partial charge >= 0.3 is 0 Å². The van der Waals surface area contributed by atoms with Crippen LogP contribution < -0.4 is 4.90 Å². The predicted octanol–water partition coefficient (Wildman–Crippen LogP) is 12.5. The summed E-state index contributed by atoms with van der Waals surface area (Å²) >= 11 is 7.47. The summed E-state index contributed by atoms with van der Waals surface area (Å²) in [6, 6.07) is 36.9. The molecule has 2 nitrogen and oxygen atoms in total. The summed E-state index contributed by atoms with van der Waals surface area (Å²) in [6.45, 7) is 10.9. The fourth-order valence-corrected chi connectivity index (χ4v) is 8.68. The fourth-order valence-electron chi connectivity index (χ4n) is 5.54. The second kappa shape index (κ2) is 10.5. The Hall–Kier alpha value is -3.77. The SMILES string of the molecule is C=Cc1cccc(N(c2ccc(-c3nc4ccccc4s3)cc2)c2ccc3c(c2)sc2c(C(C)(C)C)ccc(Br)c23)c1. The standard InChI is InChI=1S/C37H29BrN2S2/c1-5-23-9-8-10-26(21-23)40(25-15-13-24(14-16-25)36-39-31-11-6-7-12-32(31)42-36)27-17-18-28-33(22-27)41-35-29(37(2,3)4)19-20-30(38)34(28)35/h5-22H,1H2,2-4H3. The number of anilines is 3. The summed E-state index contributed by atoms with van der Waals surface area (Å²) in [7, 11) is 0. The normalized spacial score (nSPS) is 11.9. The van der Waals surface area contributed by atoms with E-state index in [4.69, 9.17) is 4.98 Å². The molecule has 5 heteroatoms. The minimum atomic E-state index is 0.0604. The van der Waals surface area contributed by atoms with Gasteiger partial charge < -0.3 is 4.90 Å². The minimum Gasteiger partial charge on any atom is -0.310 e. The van der Waals surface area contributed by atoms with Crippen molar-refractivity contribution in [2.75, 3.05) is 4.90 Å². The van der Waals surface area contributed by atoms with Gasteiger partial charge in [-0.2, -0.15) is 0 Å². The van der Waals surface area contributed by atoms with Crippen LogP contribution in [-0.2, 0) is 5.41 Å². The molecule has 2 aromatic heterocycles. The molecular formula is C37H29BrN2S2. The molecule has 7 rings (SSSR count). The van der Waals surface area contributed by atoms with E-state index in [-0.39, 0.29) is 5.41 Å². The zero-order chi connectivity index (χ0) is 29.0. The van der Waals surface area contributed by atoms with E-state index in [2.05, 4.69) is 145 Å². The lowest BCUT2D eigenvalue weighted by Crippen LogP contribution is -2.10. The number of benzene rings is 5. The first-order valence-electron chi connectivity index (χ1n) is 13.9. The first kappa shape index (κ1) is 27.1. The maximum absolute atomic E-state index is 4.87. The van der Waals surface area contributed by atoms with E-state index < -0.39 is 0 Å². The molecule has 0 fully saturated rings. The molecule has 0 spiro atoms. The Kier molecular flexibility index (Phi) is 6.77. The van der Waals surface area contributed by atoms with Gasteiger partial charge in [0.15, 0.2) is 0 Å². The van der Waals surface area contributed by atoms with Gasteiger partial charge in [-0.3, -0.25) is 0 Å². The van der Waals surface area contributed by atoms with Crippen LogP contribution in [0.15, 0.2) is 114 Å². The monoisotopic (exact) mass is 644 g/mol. The summed E-state index contributed by atoms with van der Waals surface area (Å²) in [5.41, 5.74) is 8.01. The second-order valence-corrected chi connectivity index (χ2v) is 14.4. The number of thiazole rings is 1. The Balaban J connectivity index is 1.37. The first-order chi connectivity index (χ1) is 20.3. The number of hydrogen-bond donors (Lipinski definition) is 0. The fraction of sp³-hybridized carbons (Fsp3) is 0.108. The Bertz CT molecular complexity index is 2080. The number of aromatic nitrogens is 1. The smallest absolute Gasteiger partial charge is 0.124 e. The second-order valence-electron chi connectivity index (χ2n) is 11.5. The molecule has 0 aliphatic heterocycles. The third kappa shape index (κ3) is 4.76. The van der Waals surface area contributed by atoms with Gasteiger partial charge in [-0.1, -0.05) is 85.8 Å². The quantitative estimate of drug-likeness (QED) is 0.185. The van der Waals surface area contributed by atoms with Crippen LogP contribution in [0.1, 0.15) is 31.9 Å². The van der Waals surface area contributed by atoms with Crippen LogP contribution in [-0.4, -0.2) is 4.98 Å². The number of nitrogens with zero attached hydrogens (tertiary/aromatic N) is 2. The molecular weight excluding hydrogens is 616 g/mol. The molecule has 0 aliphatic rings. The molecule has 0 saturated heterocycles. The lowest BCUT2D eigenvalue weighted by molar-refractivity contribution is 0.596. The van der Waals surface area contributed by atoms with E-state index in [9.17, 15) is 0 Å². The summed E-state index contributed by atoms with van der Waals surface area (Å²) < 4.78 is 4.98. The molecule has 206 valence electrons. The Morgan fingerprint density at radius 3 is 2.29 bits per heavy atom. The largest absolute Gasteiger partial charge is 0.310 e. The maximum atomic E-state index is 4.87. The maximum Gasteiger partial charge on any atom is 0.124 e. The van der Waals surface area contributed by atoms with Crippen molar-refractivity contribution in [2.24, 2.45) is 0 Å². The van der Waals surface area contributed by atoms with Crippen molar-refractivity contribution in [1.82, 2.24) is 4.98 Å². The number of halogens is 1. The molecule has 0 atom stereocenters. The summed E-state index contributed by atoms with van der Waals surface area (Å²) in [4.78, 5) is 7.21. The molecule has 0 radical (unpaired) electrons. The summed E-state index contributed by atoms with van der Waals surface area (Å²) in [5, 5.41) is 3.62. The molecule has 0 saturated carbocycles. The van der Waals surface area contributed by atoms with E-state index in [0.29, 0.717) is 0 Å². The van der Waals surface area contributed by atoms with Gasteiger partial charge in [0.1, 0.15) is 5.01 Å². The van der Waals surface area contributed by atoms with Gasteiger partial charge in [0.25, 0.3) is 0 Å². The first-order valence-corrected chi connectivity index (χ1v) is 16.4. The zero-order valence-corrected chi connectivity index (χ0v) is 26.9. The lowest BCUT2D eigenvalue weighted by atomic mass is 9.86. The molecule has 2 heterocycles. The van der Waals surface area contributed by atoms with E-state index in [1.54, 1.807) is 11.3 Å². The Morgan fingerprint density at radius 1 is 0.762 bits per heavy atom. The van der Waals surface area contributed by atoms with Crippen molar-refractivity contribution in [2.45, 2.75) is 26.2 Å². The number of thiophene rings is 1. The average Bonchev–Trinajstić information content (AvgIpc) is 3.59. The third-order valence-corrected chi connectivity index (χ3v) is 10.6. The van der Waals surface area contributed by atoms with Gasteiger partial charge in [-0.05, 0) is 83.3 Å². The van der Waals surface area contributed by atoms with E-state index in [0.717, 1.165) is 43.2 Å². The molecule has 0 aliphatic carbocycles. The molecule has 0 unspecified atom stereocenters. The molecule has 42 heavy (non-hydrogen) atoms. The van der Waals surface area contributed by atoms with Crippen LogP contribution in [0.5, 0.6) is 0 Å². The van der Waals surface area contributed by atoms with E-state index in [1.165, 1.54) is 30.4 Å². The van der Waals surface area contributed by atoms with Gasteiger partial charge in [0.2, 0.25) is 0 Å². The molecule has 5 aromatic carbocycles. The van der Waals surface area contributed by atoms with Crippen LogP contribution in [0, 0.1) is 0 Å². The highest BCUT2D eigenvalue weighted by molar-refractivity contribution is 9.10. The number of para-hydroxylation sites is 1. The van der Waals surface area contributed by atoms with Crippen LogP contribution in [0.25, 0.3) is 47.0 Å². The number of fused-ring (bicyclic) bond motifs is 4. The van der Waals surface area contributed by atoms with Crippen molar-refractivity contribution < 1.29 is 0 Å². The van der Waals surface area contributed by atoms with Gasteiger partial charge in [-0.25, -0.2) is 4.98 Å². The van der Waals surface area contributed by atoms with Crippen LogP contribution in [0.3, 0.4) is 0 Å². The summed E-state index contributed by atoms with van der Waals surface area (Å²) in [5.74, 6) is 0. The van der Waals surface area contributed by atoms with Gasteiger partial charge in [-0.15, -0.1) is 22.7 Å². The molecule has 0 bridgehead atoms. The van der Waals surface area contributed by atoms with Crippen LogP contribution >= 0.6 is 38.6 Å². The lowest BCUT2D eigenvalue weighted by Gasteiger charge is -2.26. The molecule has 0 N–H and O–H groups in total. The highest BCUT2D eigenvalue weighted by Gasteiger charge is 2.22. The van der Waals surface area contributed by atoms with Crippen LogP contribution in [0.2, 0.25) is 0 Å². The predicted molar refractivity (Wildman–Crippen MR) is 189 cm³/mol. The van der Waals surface area contributed by atoms with Crippen molar-refractivity contribution in [3.05, 3.63) is 125 Å². The zero-order valence-electron chi connectivity index (χ0n) is 23.7. The van der Waals surface area contributed by atoms with Gasteiger partial charge in [0.05, 0.1) is 10.2 Å². The van der Waals surface area contributed by atoms with E-state index >= 15 is 0 Å². The highest BCUT2D eigenvalue weighted by Crippen LogP contribution is 2.46. The Morgan fingerprint density at radius 2 is 1.52 bits per heavy atom. The average molecular weight is 646 g/mol. The molecule has 0 amide bonds. The minimum absolute atomic E-state index is 0.0604. The summed E-state index contributed by atoms with van der Waals surface area (Å²) in [6.07, 6.45) is 1.90. The number of hydrogen-bond acceptors (Lipinski definition) is 4. The van der Waals surface area contributed by atoms with E-state index in [1.807, 2.05) is 23.5 Å². The highest BCUT2D eigenvalue weighted by atomic mass is 79.9. The van der Waals surface area contributed by atoms with Crippen molar-refractivity contribution >= 4 is 92.1 Å². The van der Waals surface area contributed by atoms with Crippen LogP contribution in [0.4, 0.5) is 17.1 Å². The van der Waals surface area contributed by atoms with Crippen molar-refractivity contribution in [3.8, 4) is 10.6 Å².